The zero-order chi connectivity index (χ0) is 12.7. The Hall–Kier alpha value is -1.29. The lowest BCUT2D eigenvalue weighted by Gasteiger charge is -2.38. The van der Waals surface area contributed by atoms with E-state index in [1.54, 1.807) is 0 Å². The lowest BCUT2D eigenvalue weighted by atomic mass is 10.1. The summed E-state index contributed by atoms with van der Waals surface area (Å²) in [5, 5.41) is 0. The zero-order valence-electron chi connectivity index (χ0n) is 11.3. The number of aromatic nitrogens is 1. The number of hydrogen-bond acceptors (Lipinski definition) is 4. The van der Waals surface area contributed by atoms with E-state index in [1.165, 1.54) is 25.9 Å². The molecule has 4 nitrogen and oxygen atoms in total. The minimum Gasteiger partial charge on any atom is -0.397 e. The van der Waals surface area contributed by atoms with Crippen LogP contribution in [0.5, 0.6) is 0 Å². The van der Waals surface area contributed by atoms with E-state index in [2.05, 4.69) is 27.8 Å². The maximum Gasteiger partial charge on any atom is 0.129 e. The number of nitrogens with two attached hydrogens (primary N) is 1. The molecule has 0 spiro atoms. The van der Waals surface area contributed by atoms with Gasteiger partial charge in [-0.25, -0.2) is 4.98 Å². The predicted molar refractivity (Wildman–Crippen MR) is 74.9 cm³/mol. The van der Waals surface area contributed by atoms with E-state index >= 15 is 0 Å². The van der Waals surface area contributed by atoms with Crippen LogP contribution in [0, 0.1) is 13.8 Å². The fourth-order valence-corrected chi connectivity index (χ4v) is 3.18. The molecule has 0 amide bonds. The highest BCUT2D eigenvalue weighted by Gasteiger charge is 2.31. The van der Waals surface area contributed by atoms with Crippen LogP contribution < -0.4 is 10.6 Å². The molecule has 1 aromatic rings. The maximum absolute atomic E-state index is 5.98. The van der Waals surface area contributed by atoms with E-state index < -0.39 is 0 Å². The van der Waals surface area contributed by atoms with E-state index in [9.17, 15) is 0 Å². The Bertz CT molecular complexity index is 434. The van der Waals surface area contributed by atoms with Crippen molar-refractivity contribution >= 4 is 11.5 Å². The van der Waals surface area contributed by atoms with Gasteiger partial charge in [-0.15, -0.1) is 0 Å². The van der Waals surface area contributed by atoms with Gasteiger partial charge in [0.2, 0.25) is 0 Å². The highest BCUT2D eigenvalue weighted by Crippen LogP contribution is 2.26. The third-order valence-electron chi connectivity index (χ3n) is 4.35. The van der Waals surface area contributed by atoms with Gasteiger partial charge in [-0.2, -0.15) is 0 Å². The van der Waals surface area contributed by atoms with Gasteiger partial charge in [0.1, 0.15) is 5.82 Å². The summed E-state index contributed by atoms with van der Waals surface area (Å²) in [6.07, 6.45) is 2.69. The SMILES string of the molecule is Cc1cc(N2CCN3CCC[C@H]3C2)nc(C)c1N. The lowest BCUT2D eigenvalue weighted by molar-refractivity contribution is 0.230. The van der Waals surface area contributed by atoms with Gasteiger partial charge in [0, 0.05) is 25.7 Å². The lowest BCUT2D eigenvalue weighted by Crippen LogP contribution is -2.50. The number of rotatable bonds is 1. The number of anilines is 2. The van der Waals surface area contributed by atoms with Crippen molar-refractivity contribution in [2.45, 2.75) is 32.7 Å². The third-order valence-corrected chi connectivity index (χ3v) is 4.35. The van der Waals surface area contributed by atoms with E-state index in [-0.39, 0.29) is 0 Å². The fraction of sp³-hybridized carbons (Fsp3) is 0.643. The molecule has 2 aliphatic heterocycles. The molecule has 1 aromatic heterocycles. The predicted octanol–water partition coefficient (Wildman–Crippen LogP) is 1.57. The summed E-state index contributed by atoms with van der Waals surface area (Å²) in [4.78, 5) is 9.69. The molecule has 2 N–H and O–H groups in total. The van der Waals surface area contributed by atoms with Crippen molar-refractivity contribution in [3.8, 4) is 0 Å². The first-order valence-electron chi connectivity index (χ1n) is 6.88. The standard InChI is InChI=1S/C14H22N4/c1-10-8-13(16-11(2)14(10)15)18-7-6-17-5-3-4-12(17)9-18/h8,12H,3-7,9,15H2,1-2H3/t12-/m0/s1. The molecule has 1 atom stereocenters. The molecule has 0 saturated carbocycles. The van der Waals surface area contributed by atoms with Crippen molar-refractivity contribution in [1.29, 1.82) is 0 Å². The number of fused-ring (bicyclic) bond motifs is 1. The summed E-state index contributed by atoms with van der Waals surface area (Å²) >= 11 is 0. The van der Waals surface area contributed by atoms with Gasteiger partial charge in [0.05, 0.1) is 11.4 Å². The maximum atomic E-state index is 5.98. The molecule has 3 heterocycles. The number of pyridine rings is 1. The number of piperazine rings is 1. The van der Waals surface area contributed by atoms with Crippen LogP contribution in [0.3, 0.4) is 0 Å². The topological polar surface area (TPSA) is 45.4 Å². The van der Waals surface area contributed by atoms with E-state index in [0.717, 1.165) is 41.9 Å². The molecule has 0 bridgehead atoms. The molecule has 4 heteroatoms. The molecule has 18 heavy (non-hydrogen) atoms. The van der Waals surface area contributed by atoms with Gasteiger partial charge < -0.3 is 10.6 Å². The summed E-state index contributed by atoms with van der Waals surface area (Å²) in [6.45, 7) is 8.74. The van der Waals surface area contributed by atoms with Gasteiger partial charge in [0.15, 0.2) is 0 Å². The molecule has 2 fully saturated rings. The number of nitrogen functional groups attached to an aromatic ring is 1. The smallest absolute Gasteiger partial charge is 0.129 e. The summed E-state index contributed by atoms with van der Waals surface area (Å²) in [6, 6.07) is 2.87. The van der Waals surface area contributed by atoms with Crippen molar-refractivity contribution in [2.24, 2.45) is 0 Å². The number of hydrogen-bond donors (Lipinski definition) is 1. The normalized spacial score (nSPS) is 24.3. The highest BCUT2D eigenvalue weighted by atomic mass is 15.3. The van der Waals surface area contributed by atoms with E-state index in [0.29, 0.717) is 0 Å². The Morgan fingerprint density at radius 3 is 2.89 bits per heavy atom. The minimum absolute atomic E-state index is 0.735. The van der Waals surface area contributed by atoms with E-state index in [1.807, 2.05) is 6.92 Å². The summed E-state index contributed by atoms with van der Waals surface area (Å²) in [5.41, 5.74) is 8.91. The van der Waals surface area contributed by atoms with Crippen LogP contribution in [-0.2, 0) is 0 Å². The molecule has 0 aromatic carbocycles. The van der Waals surface area contributed by atoms with Crippen LogP contribution >= 0.6 is 0 Å². The van der Waals surface area contributed by atoms with Gasteiger partial charge in [-0.05, 0) is 44.9 Å². The summed E-state index contributed by atoms with van der Waals surface area (Å²) in [5.74, 6) is 1.10. The first-order chi connectivity index (χ1) is 8.65. The monoisotopic (exact) mass is 246 g/mol. The average Bonchev–Trinajstić information content (AvgIpc) is 2.82. The van der Waals surface area contributed by atoms with Gasteiger partial charge in [0.25, 0.3) is 0 Å². The molecule has 2 aliphatic rings. The molecular formula is C14H22N4. The Kier molecular flexibility index (Phi) is 2.90. The van der Waals surface area contributed by atoms with E-state index in [4.69, 9.17) is 5.73 Å². The Balaban J connectivity index is 1.83. The van der Waals surface area contributed by atoms with Crippen molar-refractivity contribution < 1.29 is 0 Å². The first kappa shape index (κ1) is 11.8. The van der Waals surface area contributed by atoms with Crippen molar-refractivity contribution in [3.05, 3.63) is 17.3 Å². The molecule has 0 aliphatic carbocycles. The molecule has 3 rings (SSSR count). The van der Waals surface area contributed by atoms with Crippen LogP contribution in [-0.4, -0.2) is 42.1 Å². The molecular weight excluding hydrogens is 224 g/mol. The minimum atomic E-state index is 0.735. The average molecular weight is 246 g/mol. The Labute approximate surface area is 109 Å². The van der Waals surface area contributed by atoms with Gasteiger partial charge in [-0.1, -0.05) is 0 Å². The van der Waals surface area contributed by atoms with Crippen molar-refractivity contribution in [1.82, 2.24) is 9.88 Å². The van der Waals surface area contributed by atoms with Gasteiger partial charge in [-0.3, -0.25) is 4.90 Å². The number of nitrogens with zero attached hydrogens (tertiary/aromatic N) is 3. The molecule has 0 unspecified atom stereocenters. The van der Waals surface area contributed by atoms with Crippen LogP contribution in [0.2, 0.25) is 0 Å². The largest absolute Gasteiger partial charge is 0.397 e. The summed E-state index contributed by atoms with van der Waals surface area (Å²) < 4.78 is 0. The van der Waals surface area contributed by atoms with Crippen molar-refractivity contribution in [2.75, 3.05) is 36.8 Å². The highest BCUT2D eigenvalue weighted by molar-refractivity contribution is 5.56. The van der Waals surface area contributed by atoms with Gasteiger partial charge >= 0.3 is 0 Å². The second-order valence-corrected chi connectivity index (χ2v) is 5.57. The molecule has 0 radical (unpaired) electrons. The zero-order valence-corrected chi connectivity index (χ0v) is 11.3. The quantitative estimate of drug-likeness (QED) is 0.817. The first-order valence-corrected chi connectivity index (χ1v) is 6.88. The number of aryl methyl sites for hydroxylation is 2. The van der Waals surface area contributed by atoms with Crippen LogP contribution in [0.4, 0.5) is 11.5 Å². The van der Waals surface area contributed by atoms with Crippen LogP contribution in [0.25, 0.3) is 0 Å². The second kappa shape index (κ2) is 4.43. The fourth-order valence-electron chi connectivity index (χ4n) is 3.18. The Morgan fingerprint density at radius 1 is 1.28 bits per heavy atom. The van der Waals surface area contributed by atoms with Crippen LogP contribution in [0.15, 0.2) is 6.07 Å². The summed E-state index contributed by atoms with van der Waals surface area (Å²) in [7, 11) is 0. The Morgan fingerprint density at radius 2 is 2.11 bits per heavy atom. The third kappa shape index (κ3) is 1.94. The second-order valence-electron chi connectivity index (χ2n) is 5.57. The molecule has 2 saturated heterocycles. The van der Waals surface area contributed by atoms with Crippen LogP contribution in [0.1, 0.15) is 24.1 Å². The molecule has 98 valence electrons. The van der Waals surface area contributed by atoms with Crippen molar-refractivity contribution in [3.63, 3.8) is 0 Å².